The van der Waals surface area contributed by atoms with E-state index in [1.54, 1.807) is 7.11 Å². The Morgan fingerprint density at radius 3 is 2.42 bits per heavy atom. The molecule has 0 radical (unpaired) electrons. The Morgan fingerprint density at radius 1 is 1.21 bits per heavy atom. The van der Waals surface area contributed by atoms with Crippen LogP contribution >= 0.6 is 0 Å². The van der Waals surface area contributed by atoms with Gasteiger partial charge in [0.05, 0.1) is 13.2 Å². The van der Waals surface area contributed by atoms with Crippen LogP contribution < -0.4 is 10.1 Å². The zero-order chi connectivity index (χ0) is 13.7. The fraction of sp³-hybridized carbons (Fsp3) is 0.625. The molecule has 0 bridgehead atoms. The molecule has 0 amide bonds. The average Bonchev–Trinajstić information content (AvgIpc) is 2.42. The van der Waals surface area contributed by atoms with Crippen molar-refractivity contribution >= 4 is 0 Å². The van der Waals surface area contributed by atoms with Gasteiger partial charge in [0.25, 0.3) is 0 Å². The molecule has 1 aliphatic rings. The minimum atomic E-state index is -0.0741. The average molecular weight is 263 g/mol. The van der Waals surface area contributed by atoms with Crippen molar-refractivity contribution in [2.45, 2.75) is 57.2 Å². The highest BCUT2D eigenvalue weighted by atomic mass is 16.5. The van der Waals surface area contributed by atoms with Crippen LogP contribution in [0.3, 0.4) is 0 Å². The molecule has 1 aliphatic carbocycles. The van der Waals surface area contributed by atoms with Gasteiger partial charge in [-0.3, -0.25) is 0 Å². The monoisotopic (exact) mass is 263 g/mol. The maximum Gasteiger partial charge on any atom is 0.118 e. The van der Waals surface area contributed by atoms with E-state index in [-0.39, 0.29) is 6.10 Å². The molecule has 0 spiro atoms. The summed E-state index contributed by atoms with van der Waals surface area (Å²) in [7, 11) is 1.69. The Bertz CT molecular complexity index is 369. The number of nitrogens with one attached hydrogen (secondary N) is 1. The smallest absolute Gasteiger partial charge is 0.118 e. The third kappa shape index (κ3) is 4.51. The summed E-state index contributed by atoms with van der Waals surface area (Å²) in [5, 5.41) is 13.2. The second kappa shape index (κ2) is 6.92. The maximum absolute atomic E-state index is 9.51. The Balaban J connectivity index is 1.78. The highest BCUT2D eigenvalue weighted by Crippen LogP contribution is 2.19. The van der Waals surface area contributed by atoms with Gasteiger partial charge >= 0.3 is 0 Å². The van der Waals surface area contributed by atoms with E-state index in [2.05, 4.69) is 24.4 Å². The lowest BCUT2D eigenvalue weighted by Crippen LogP contribution is -2.40. The molecule has 0 unspecified atom stereocenters. The lowest BCUT2D eigenvalue weighted by Gasteiger charge is -2.29. The Hall–Kier alpha value is -1.06. The van der Waals surface area contributed by atoms with Gasteiger partial charge in [0.15, 0.2) is 0 Å². The summed E-state index contributed by atoms with van der Waals surface area (Å²) in [6.07, 6.45) is 5.01. The van der Waals surface area contributed by atoms with E-state index in [1.165, 1.54) is 5.56 Å². The van der Waals surface area contributed by atoms with Gasteiger partial charge in [0.1, 0.15) is 5.75 Å². The van der Waals surface area contributed by atoms with Gasteiger partial charge in [0.2, 0.25) is 0 Å². The van der Waals surface area contributed by atoms with Crippen LogP contribution in [0.15, 0.2) is 24.3 Å². The first kappa shape index (κ1) is 14.4. The minimum Gasteiger partial charge on any atom is -0.497 e. The van der Waals surface area contributed by atoms with E-state index in [9.17, 15) is 5.11 Å². The first-order chi connectivity index (χ1) is 9.17. The SMILES string of the molecule is COc1ccc(C[C@H](C)NC2CCC(O)CC2)cc1. The van der Waals surface area contributed by atoms with Gasteiger partial charge in [-0.1, -0.05) is 12.1 Å². The minimum absolute atomic E-state index is 0.0741. The molecule has 0 heterocycles. The molecule has 2 rings (SSSR count). The summed E-state index contributed by atoms with van der Waals surface area (Å²) in [5.41, 5.74) is 1.33. The van der Waals surface area contributed by atoms with Crippen molar-refractivity contribution in [3.05, 3.63) is 29.8 Å². The summed E-state index contributed by atoms with van der Waals surface area (Å²) in [6.45, 7) is 2.23. The van der Waals surface area contributed by atoms with Crippen molar-refractivity contribution in [3.8, 4) is 5.75 Å². The van der Waals surface area contributed by atoms with Crippen LogP contribution in [-0.2, 0) is 6.42 Å². The van der Waals surface area contributed by atoms with E-state index in [0.29, 0.717) is 12.1 Å². The molecule has 0 aromatic heterocycles. The summed E-state index contributed by atoms with van der Waals surface area (Å²) >= 11 is 0. The molecule has 3 nitrogen and oxygen atoms in total. The first-order valence-corrected chi connectivity index (χ1v) is 7.24. The Morgan fingerprint density at radius 2 is 1.84 bits per heavy atom. The van der Waals surface area contributed by atoms with Crippen molar-refractivity contribution in [2.75, 3.05) is 7.11 Å². The quantitative estimate of drug-likeness (QED) is 0.857. The number of benzene rings is 1. The number of hydrogen-bond donors (Lipinski definition) is 2. The van der Waals surface area contributed by atoms with Gasteiger partial charge in [-0.25, -0.2) is 0 Å². The first-order valence-electron chi connectivity index (χ1n) is 7.24. The molecular formula is C16H25NO2. The largest absolute Gasteiger partial charge is 0.497 e. The van der Waals surface area contributed by atoms with Crippen LogP contribution in [-0.4, -0.2) is 30.4 Å². The molecule has 0 aliphatic heterocycles. The summed E-state index contributed by atoms with van der Waals surface area (Å²) in [6, 6.07) is 9.31. The van der Waals surface area contributed by atoms with E-state index < -0.39 is 0 Å². The number of aliphatic hydroxyl groups is 1. The van der Waals surface area contributed by atoms with Gasteiger partial charge in [-0.05, 0) is 56.7 Å². The number of rotatable bonds is 5. The number of hydrogen-bond acceptors (Lipinski definition) is 3. The lowest BCUT2D eigenvalue weighted by atomic mass is 9.92. The number of aliphatic hydroxyl groups excluding tert-OH is 1. The van der Waals surface area contributed by atoms with Crippen molar-refractivity contribution < 1.29 is 9.84 Å². The van der Waals surface area contributed by atoms with Crippen molar-refractivity contribution in [1.82, 2.24) is 5.32 Å². The molecule has 1 atom stereocenters. The fourth-order valence-electron chi connectivity index (χ4n) is 2.82. The predicted molar refractivity (Wildman–Crippen MR) is 77.6 cm³/mol. The molecule has 1 aromatic carbocycles. The third-order valence-electron chi connectivity index (χ3n) is 3.92. The molecule has 19 heavy (non-hydrogen) atoms. The topological polar surface area (TPSA) is 41.5 Å². The Kier molecular flexibility index (Phi) is 5.23. The van der Waals surface area contributed by atoms with Gasteiger partial charge < -0.3 is 15.2 Å². The molecule has 0 saturated heterocycles. The van der Waals surface area contributed by atoms with Gasteiger partial charge in [0, 0.05) is 12.1 Å². The molecule has 1 fully saturated rings. The van der Waals surface area contributed by atoms with E-state index >= 15 is 0 Å². The van der Waals surface area contributed by atoms with Crippen LogP contribution in [0.25, 0.3) is 0 Å². The molecule has 2 N–H and O–H groups in total. The third-order valence-corrected chi connectivity index (χ3v) is 3.92. The van der Waals surface area contributed by atoms with E-state index in [0.717, 1.165) is 37.9 Å². The van der Waals surface area contributed by atoms with Crippen LogP contribution in [0, 0.1) is 0 Å². The van der Waals surface area contributed by atoms with Gasteiger partial charge in [-0.2, -0.15) is 0 Å². The van der Waals surface area contributed by atoms with Crippen LogP contribution in [0.2, 0.25) is 0 Å². The second-order valence-electron chi connectivity index (χ2n) is 5.63. The van der Waals surface area contributed by atoms with Crippen LogP contribution in [0.1, 0.15) is 38.2 Å². The van der Waals surface area contributed by atoms with E-state index in [1.807, 2.05) is 12.1 Å². The number of methoxy groups -OCH3 is 1. The molecule has 1 saturated carbocycles. The van der Waals surface area contributed by atoms with E-state index in [4.69, 9.17) is 4.74 Å². The maximum atomic E-state index is 9.51. The molecule has 1 aromatic rings. The van der Waals surface area contributed by atoms with Gasteiger partial charge in [-0.15, -0.1) is 0 Å². The van der Waals surface area contributed by atoms with Crippen molar-refractivity contribution in [2.24, 2.45) is 0 Å². The van der Waals surface area contributed by atoms with Crippen LogP contribution in [0.4, 0.5) is 0 Å². The highest BCUT2D eigenvalue weighted by molar-refractivity contribution is 5.27. The standard InChI is InChI=1S/C16H25NO2/c1-12(17-14-5-7-15(18)8-6-14)11-13-3-9-16(19-2)10-4-13/h3-4,9-10,12,14-15,17-18H,5-8,11H2,1-2H3/t12-,14?,15?/m0/s1. The normalized spacial score (nSPS) is 25.0. The van der Waals surface area contributed by atoms with Crippen LogP contribution in [0.5, 0.6) is 5.75 Å². The molecular weight excluding hydrogens is 238 g/mol. The zero-order valence-corrected chi connectivity index (χ0v) is 11.9. The predicted octanol–water partition coefficient (Wildman–Crippen LogP) is 2.52. The van der Waals surface area contributed by atoms with Crippen molar-refractivity contribution in [1.29, 1.82) is 0 Å². The fourth-order valence-corrected chi connectivity index (χ4v) is 2.82. The number of ether oxygens (including phenoxy) is 1. The highest BCUT2D eigenvalue weighted by Gasteiger charge is 2.20. The second-order valence-corrected chi connectivity index (χ2v) is 5.63. The zero-order valence-electron chi connectivity index (χ0n) is 11.9. The Labute approximate surface area is 116 Å². The molecule has 3 heteroatoms. The summed E-state index contributed by atoms with van der Waals surface area (Å²) in [5.74, 6) is 0.908. The summed E-state index contributed by atoms with van der Waals surface area (Å²) < 4.78 is 5.17. The lowest BCUT2D eigenvalue weighted by molar-refractivity contribution is 0.114. The summed E-state index contributed by atoms with van der Waals surface area (Å²) in [4.78, 5) is 0. The van der Waals surface area contributed by atoms with Crippen molar-refractivity contribution in [3.63, 3.8) is 0 Å². The molecule has 106 valence electrons.